The molecule has 0 atom stereocenters. The number of benzene rings is 3. The van der Waals surface area contributed by atoms with E-state index >= 15 is 0 Å². The van der Waals surface area contributed by atoms with Crippen molar-refractivity contribution in [1.82, 2.24) is 10.2 Å². The van der Waals surface area contributed by atoms with Crippen LogP contribution in [0.4, 0.5) is 0 Å². The summed E-state index contributed by atoms with van der Waals surface area (Å²) in [5.41, 5.74) is 4.21. The fourth-order valence-corrected chi connectivity index (χ4v) is 2.85. The average molecular weight is 326 g/mol. The summed E-state index contributed by atoms with van der Waals surface area (Å²) < 4.78 is 6.06. The van der Waals surface area contributed by atoms with E-state index in [9.17, 15) is 0 Å². The first-order valence-corrected chi connectivity index (χ1v) is 8.28. The van der Waals surface area contributed by atoms with Crippen molar-refractivity contribution >= 4 is 10.8 Å². The molecule has 3 nitrogen and oxygen atoms in total. The van der Waals surface area contributed by atoms with Crippen LogP contribution in [0.5, 0.6) is 11.6 Å². The Balaban J connectivity index is 1.85. The Kier molecular flexibility index (Phi) is 3.90. The normalized spacial score (nSPS) is 10.8. The molecular weight excluding hydrogens is 308 g/mol. The molecule has 3 heteroatoms. The third-order valence-corrected chi connectivity index (χ3v) is 4.28. The van der Waals surface area contributed by atoms with Crippen LogP contribution in [-0.2, 0) is 0 Å². The van der Waals surface area contributed by atoms with E-state index in [1.807, 2.05) is 49.4 Å². The molecule has 0 aliphatic heterocycles. The van der Waals surface area contributed by atoms with Gasteiger partial charge in [0.15, 0.2) is 0 Å². The van der Waals surface area contributed by atoms with Crippen LogP contribution in [0, 0.1) is 13.8 Å². The lowest BCUT2D eigenvalue weighted by molar-refractivity contribution is 0.459. The molecule has 4 aromatic rings. The largest absolute Gasteiger partial charge is 0.437 e. The van der Waals surface area contributed by atoms with Crippen molar-refractivity contribution in [1.29, 1.82) is 0 Å². The lowest BCUT2D eigenvalue weighted by Gasteiger charge is -2.11. The molecule has 0 amide bonds. The topological polar surface area (TPSA) is 35.0 Å². The SMILES string of the molecule is Cc1ccc(-c2nnc(Oc3ccccc3C)c3ccccc23)cc1. The van der Waals surface area contributed by atoms with Gasteiger partial charge in [-0.3, -0.25) is 0 Å². The predicted octanol–water partition coefficient (Wildman–Crippen LogP) is 5.71. The van der Waals surface area contributed by atoms with E-state index < -0.39 is 0 Å². The van der Waals surface area contributed by atoms with Crippen LogP contribution in [0.2, 0.25) is 0 Å². The van der Waals surface area contributed by atoms with Crippen molar-refractivity contribution in [2.24, 2.45) is 0 Å². The third-order valence-electron chi connectivity index (χ3n) is 4.28. The number of hydrogen-bond donors (Lipinski definition) is 0. The molecule has 1 heterocycles. The molecule has 1 aromatic heterocycles. The zero-order chi connectivity index (χ0) is 17.2. The van der Waals surface area contributed by atoms with Crippen LogP contribution in [0.1, 0.15) is 11.1 Å². The van der Waals surface area contributed by atoms with Gasteiger partial charge in [0, 0.05) is 16.3 Å². The van der Waals surface area contributed by atoms with Gasteiger partial charge in [0.25, 0.3) is 0 Å². The minimum atomic E-state index is 0.528. The monoisotopic (exact) mass is 326 g/mol. The first kappa shape index (κ1) is 15.3. The fourth-order valence-electron chi connectivity index (χ4n) is 2.85. The molecule has 0 aliphatic carbocycles. The number of aromatic nitrogens is 2. The van der Waals surface area contributed by atoms with Gasteiger partial charge in [0.2, 0.25) is 5.88 Å². The van der Waals surface area contributed by atoms with E-state index in [1.54, 1.807) is 0 Å². The van der Waals surface area contributed by atoms with E-state index in [-0.39, 0.29) is 0 Å². The Morgan fingerprint density at radius 3 is 2.12 bits per heavy atom. The molecule has 122 valence electrons. The number of nitrogens with zero attached hydrogens (tertiary/aromatic N) is 2. The summed E-state index contributed by atoms with van der Waals surface area (Å²) in [5, 5.41) is 10.8. The maximum atomic E-state index is 6.06. The van der Waals surface area contributed by atoms with Crippen molar-refractivity contribution in [3.05, 3.63) is 83.9 Å². The molecule has 0 saturated carbocycles. The van der Waals surface area contributed by atoms with E-state index in [4.69, 9.17) is 4.74 Å². The number of aryl methyl sites for hydroxylation is 2. The van der Waals surface area contributed by atoms with Crippen LogP contribution in [0.3, 0.4) is 0 Å². The number of para-hydroxylation sites is 1. The molecular formula is C22H18N2O. The zero-order valence-corrected chi connectivity index (χ0v) is 14.2. The highest BCUT2D eigenvalue weighted by Crippen LogP contribution is 2.33. The Bertz CT molecular complexity index is 1040. The Morgan fingerprint density at radius 2 is 1.36 bits per heavy atom. The molecule has 4 rings (SSSR count). The molecule has 0 fully saturated rings. The predicted molar refractivity (Wildman–Crippen MR) is 101 cm³/mol. The Hall–Kier alpha value is -3.20. The summed E-state index contributed by atoms with van der Waals surface area (Å²) in [5.74, 6) is 1.32. The summed E-state index contributed by atoms with van der Waals surface area (Å²) in [6.07, 6.45) is 0. The minimum absolute atomic E-state index is 0.528. The van der Waals surface area contributed by atoms with Gasteiger partial charge in [-0.1, -0.05) is 66.2 Å². The van der Waals surface area contributed by atoms with Crippen molar-refractivity contribution < 1.29 is 4.74 Å². The smallest absolute Gasteiger partial charge is 0.246 e. The summed E-state index contributed by atoms with van der Waals surface area (Å²) in [6, 6.07) is 24.3. The van der Waals surface area contributed by atoms with Gasteiger partial charge in [-0.2, -0.15) is 0 Å². The van der Waals surface area contributed by atoms with Crippen LogP contribution >= 0.6 is 0 Å². The van der Waals surface area contributed by atoms with Crippen LogP contribution in [-0.4, -0.2) is 10.2 Å². The van der Waals surface area contributed by atoms with E-state index in [1.165, 1.54) is 5.56 Å². The summed E-state index contributed by atoms with van der Waals surface area (Å²) in [4.78, 5) is 0. The van der Waals surface area contributed by atoms with Crippen molar-refractivity contribution in [2.75, 3.05) is 0 Å². The van der Waals surface area contributed by atoms with Crippen molar-refractivity contribution in [3.63, 3.8) is 0 Å². The molecule has 0 saturated heterocycles. The molecule has 0 radical (unpaired) electrons. The molecule has 0 aliphatic rings. The highest BCUT2D eigenvalue weighted by atomic mass is 16.5. The van der Waals surface area contributed by atoms with Gasteiger partial charge < -0.3 is 4.74 Å². The van der Waals surface area contributed by atoms with Gasteiger partial charge in [-0.05, 0) is 31.5 Å². The highest BCUT2D eigenvalue weighted by molar-refractivity contribution is 5.97. The molecule has 0 N–H and O–H groups in total. The van der Waals surface area contributed by atoms with Gasteiger partial charge in [0.05, 0.1) is 0 Å². The molecule has 0 unspecified atom stereocenters. The Morgan fingerprint density at radius 1 is 0.680 bits per heavy atom. The molecule has 0 spiro atoms. The number of ether oxygens (including phenoxy) is 1. The summed E-state index contributed by atoms with van der Waals surface area (Å²) in [7, 11) is 0. The standard InChI is InChI=1S/C22H18N2O/c1-15-11-13-17(14-12-15)21-18-8-4-5-9-19(18)22(24-23-21)25-20-10-6-3-7-16(20)2/h3-14H,1-2H3. The maximum absolute atomic E-state index is 6.06. The van der Waals surface area contributed by atoms with E-state index in [0.29, 0.717) is 5.88 Å². The third kappa shape index (κ3) is 2.96. The second kappa shape index (κ2) is 6.36. The van der Waals surface area contributed by atoms with E-state index in [0.717, 1.165) is 33.3 Å². The van der Waals surface area contributed by atoms with Gasteiger partial charge >= 0.3 is 0 Å². The summed E-state index contributed by atoms with van der Waals surface area (Å²) in [6.45, 7) is 4.10. The molecule has 0 bridgehead atoms. The molecule has 3 aromatic carbocycles. The average Bonchev–Trinajstić information content (AvgIpc) is 2.65. The Labute approximate surface area is 146 Å². The second-order valence-corrected chi connectivity index (χ2v) is 6.13. The maximum Gasteiger partial charge on any atom is 0.246 e. The van der Waals surface area contributed by atoms with Gasteiger partial charge in [-0.15, -0.1) is 10.2 Å². The quantitative estimate of drug-likeness (QED) is 0.484. The van der Waals surface area contributed by atoms with Crippen molar-refractivity contribution in [2.45, 2.75) is 13.8 Å². The number of hydrogen-bond acceptors (Lipinski definition) is 3. The minimum Gasteiger partial charge on any atom is -0.437 e. The molecule has 25 heavy (non-hydrogen) atoms. The van der Waals surface area contributed by atoms with Gasteiger partial charge in [-0.25, -0.2) is 0 Å². The lowest BCUT2D eigenvalue weighted by Crippen LogP contribution is -1.96. The van der Waals surface area contributed by atoms with Crippen LogP contribution in [0.25, 0.3) is 22.0 Å². The van der Waals surface area contributed by atoms with Crippen LogP contribution < -0.4 is 4.74 Å². The number of rotatable bonds is 3. The van der Waals surface area contributed by atoms with Gasteiger partial charge in [0.1, 0.15) is 11.4 Å². The van der Waals surface area contributed by atoms with Crippen molar-refractivity contribution in [3.8, 4) is 22.9 Å². The first-order chi connectivity index (χ1) is 12.2. The highest BCUT2D eigenvalue weighted by Gasteiger charge is 2.13. The second-order valence-electron chi connectivity index (χ2n) is 6.13. The fraction of sp³-hybridized carbons (Fsp3) is 0.0909. The number of fused-ring (bicyclic) bond motifs is 1. The summed E-state index contributed by atoms with van der Waals surface area (Å²) >= 11 is 0. The first-order valence-electron chi connectivity index (χ1n) is 8.28. The van der Waals surface area contributed by atoms with E-state index in [2.05, 4.69) is 47.5 Å². The lowest BCUT2D eigenvalue weighted by atomic mass is 10.0. The van der Waals surface area contributed by atoms with Crippen LogP contribution in [0.15, 0.2) is 72.8 Å². The zero-order valence-electron chi connectivity index (χ0n) is 14.2.